The van der Waals surface area contributed by atoms with Crippen LogP contribution >= 0.6 is 11.8 Å². The lowest BCUT2D eigenvalue weighted by atomic mass is 10.1. The molecule has 20 heavy (non-hydrogen) atoms. The fraction of sp³-hybridized carbons (Fsp3) is 0.625. The van der Waals surface area contributed by atoms with E-state index in [-0.39, 0.29) is 0 Å². The standard InChI is InChI=1S/C16H25NO2S/c1-18-15-6-5-13(4-2-3-9-17)12-16(15)19-14-7-10-20-11-8-14/h5-6,12,14H,2-4,7-11,17H2,1H3. The lowest BCUT2D eigenvalue weighted by molar-refractivity contribution is 0.184. The topological polar surface area (TPSA) is 44.5 Å². The molecule has 2 N–H and O–H groups in total. The number of methoxy groups -OCH3 is 1. The van der Waals surface area contributed by atoms with Crippen LogP contribution in [0.3, 0.4) is 0 Å². The second kappa shape index (κ2) is 8.42. The van der Waals surface area contributed by atoms with Gasteiger partial charge in [-0.3, -0.25) is 0 Å². The van der Waals surface area contributed by atoms with Crippen molar-refractivity contribution in [1.82, 2.24) is 0 Å². The summed E-state index contributed by atoms with van der Waals surface area (Å²) < 4.78 is 11.6. The van der Waals surface area contributed by atoms with Crippen LogP contribution in [0.1, 0.15) is 31.2 Å². The molecule has 112 valence electrons. The van der Waals surface area contributed by atoms with Crippen molar-refractivity contribution < 1.29 is 9.47 Å². The van der Waals surface area contributed by atoms with Crippen molar-refractivity contribution >= 4 is 11.8 Å². The highest BCUT2D eigenvalue weighted by Crippen LogP contribution is 2.32. The average Bonchev–Trinajstić information content (AvgIpc) is 2.49. The Kier molecular flexibility index (Phi) is 6.54. The minimum absolute atomic E-state index is 0.337. The van der Waals surface area contributed by atoms with Crippen LogP contribution in [0.25, 0.3) is 0 Å². The van der Waals surface area contributed by atoms with Crippen LogP contribution in [0.5, 0.6) is 11.5 Å². The summed E-state index contributed by atoms with van der Waals surface area (Å²) >= 11 is 2.01. The molecule has 0 aromatic heterocycles. The number of ether oxygens (including phenoxy) is 2. The first-order valence-electron chi connectivity index (χ1n) is 7.45. The molecule has 0 spiro atoms. The van der Waals surface area contributed by atoms with Crippen LogP contribution in [-0.2, 0) is 6.42 Å². The first-order chi connectivity index (χ1) is 9.83. The molecule has 0 unspecified atom stereocenters. The molecule has 2 rings (SSSR count). The van der Waals surface area contributed by atoms with Gasteiger partial charge in [-0.25, -0.2) is 0 Å². The van der Waals surface area contributed by atoms with Crippen LogP contribution in [0.2, 0.25) is 0 Å². The van der Waals surface area contributed by atoms with E-state index in [4.69, 9.17) is 15.2 Å². The van der Waals surface area contributed by atoms with Gasteiger partial charge in [0.15, 0.2) is 11.5 Å². The predicted octanol–water partition coefficient (Wildman–Crippen LogP) is 3.25. The van der Waals surface area contributed by atoms with E-state index in [0.29, 0.717) is 6.10 Å². The summed E-state index contributed by atoms with van der Waals surface area (Å²) in [6.45, 7) is 0.763. The van der Waals surface area contributed by atoms with E-state index in [2.05, 4.69) is 12.1 Å². The third-order valence-electron chi connectivity index (χ3n) is 3.61. The average molecular weight is 295 g/mol. The molecule has 0 aliphatic carbocycles. The second-order valence-corrected chi connectivity index (χ2v) is 6.39. The number of benzene rings is 1. The van der Waals surface area contributed by atoms with Crippen LogP contribution in [0, 0.1) is 0 Å². The van der Waals surface area contributed by atoms with E-state index in [1.165, 1.54) is 17.1 Å². The van der Waals surface area contributed by atoms with Crippen molar-refractivity contribution in [1.29, 1.82) is 0 Å². The molecule has 1 saturated heterocycles. The Bertz CT molecular complexity index is 405. The predicted molar refractivity (Wildman–Crippen MR) is 86.0 cm³/mol. The number of thioether (sulfide) groups is 1. The highest BCUT2D eigenvalue weighted by atomic mass is 32.2. The number of unbranched alkanes of at least 4 members (excludes halogenated alkanes) is 1. The number of hydrogen-bond acceptors (Lipinski definition) is 4. The van der Waals surface area contributed by atoms with Crippen LogP contribution < -0.4 is 15.2 Å². The summed E-state index contributed by atoms with van der Waals surface area (Å²) in [5.41, 5.74) is 6.85. The van der Waals surface area contributed by atoms with E-state index in [0.717, 1.165) is 50.1 Å². The quantitative estimate of drug-likeness (QED) is 0.784. The van der Waals surface area contributed by atoms with Crippen LogP contribution in [0.4, 0.5) is 0 Å². The molecule has 0 saturated carbocycles. The zero-order chi connectivity index (χ0) is 14.2. The number of aryl methyl sites for hydroxylation is 1. The molecule has 0 radical (unpaired) electrons. The Morgan fingerprint density at radius 2 is 2.00 bits per heavy atom. The van der Waals surface area contributed by atoms with Crippen molar-refractivity contribution in [2.75, 3.05) is 25.2 Å². The Labute approximate surface area is 126 Å². The molecular formula is C16H25NO2S. The summed E-state index contributed by atoms with van der Waals surface area (Å²) in [5.74, 6) is 4.13. The first kappa shape index (κ1) is 15.5. The van der Waals surface area contributed by atoms with Crippen molar-refractivity contribution in [3.63, 3.8) is 0 Å². The SMILES string of the molecule is COc1ccc(CCCCN)cc1OC1CCSCC1. The third-order valence-corrected chi connectivity index (χ3v) is 4.66. The highest BCUT2D eigenvalue weighted by Gasteiger charge is 2.17. The first-order valence-corrected chi connectivity index (χ1v) is 8.60. The summed E-state index contributed by atoms with van der Waals surface area (Å²) in [6, 6.07) is 6.28. The summed E-state index contributed by atoms with van der Waals surface area (Å²) in [7, 11) is 1.70. The van der Waals surface area contributed by atoms with Gasteiger partial charge in [-0.1, -0.05) is 6.07 Å². The van der Waals surface area contributed by atoms with E-state index >= 15 is 0 Å². The fourth-order valence-corrected chi connectivity index (χ4v) is 3.48. The maximum Gasteiger partial charge on any atom is 0.161 e. The maximum atomic E-state index is 6.16. The molecule has 4 heteroatoms. The van der Waals surface area contributed by atoms with Crippen molar-refractivity contribution in [2.45, 2.75) is 38.2 Å². The monoisotopic (exact) mass is 295 g/mol. The number of nitrogens with two attached hydrogens (primary N) is 1. The van der Waals surface area contributed by atoms with Gasteiger partial charge in [0.2, 0.25) is 0 Å². The van der Waals surface area contributed by atoms with Crippen LogP contribution in [0.15, 0.2) is 18.2 Å². The van der Waals surface area contributed by atoms with Gasteiger partial charge in [-0.05, 0) is 67.9 Å². The van der Waals surface area contributed by atoms with Gasteiger partial charge in [0.05, 0.1) is 7.11 Å². The molecule has 1 aromatic carbocycles. The largest absolute Gasteiger partial charge is 0.493 e. The Morgan fingerprint density at radius 3 is 2.70 bits per heavy atom. The zero-order valence-corrected chi connectivity index (χ0v) is 13.1. The molecule has 1 aliphatic rings. The molecule has 1 aromatic rings. The van der Waals surface area contributed by atoms with E-state index in [1.54, 1.807) is 7.11 Å². The molecule has 1 aliphatic heterocycles. The van der Waals surface area contributed by atoms with E-state index in [9.17, 15) is 0 Å². The molecule has 1 heterocycles. The van der Waals surface area contributed by atoms with Gasteiger partial charge in [0.25, 0.3) is 0 Å². The lowest BCUT2D eigenvalue weighted by Crippen LogP contribution is -2.22. The summed E-state index contributed by atoms with van der Waals surface area (Å²) in [6.07, 6.45) is 5.85. The minimum Gasteiger partial charge on any atom is -0.493 e. The third kappa shape index (κ3) is 4.60. The fourth-order valence-electron chi connectivity index (χ4n) is 2.42. The van der Waals surface area contributed by atoms with Gasteiger partial charge >= 0.3 is 0 Å². The molecule has 0 atom stereocenters. The minimum atomic E-state index is 0.337. The second-order valence-electron chi connectivity index (χ2n) is 5.16. The van der Waals surface area contributed by atoms with Gasteiger partial charge in [0.1, 0.15) is 6.10 Å². The van der Waals surface area contributed by atoms with Gasteiger partial charge < -0.3 is 15.2 Å². The molecule has 3 nitrogen and oxygen atoms in total. The smallest absolute Gasteiger partial charge is 0.161 e. The molecular weight excluding hydrogens is 270 g/mol. The summed E-state index contributed by atoms with van der Waals surface area (Å²) in [4.78, 5) is 0. The van der Waals surface area contributed by atoms with E-state index < -0.39 is 0 Å². The Hall–Kier alpha value is -0.870. The Balaban J connectivity index is 2.01. The lowest BCUT2D eigenvalue weighted by Gasteiger charge is -2.24. The number of rotatable bonds is 7. The van der Waals surface area contributed by atoms with Gasteiger partial charge in [-0.15, -0.1) is 0 Å². The van der Waals surface area contributed by atoms with Crippen molar-refractivity contribution in [3.05, 3.63) is 23.8 Å². The van der Waals surface area contributed by atoms with Gasteiger partial charge in [-0.2, -0.15) is 11.8 Å². The summed E-state index contributed by atoms with van der Waals surface area (Å²) in [5, 5.41) is 0. The zero-order valence-electron chi connectivity index (χ0n) is 12.3. The highest BCUT2D eigenvalue weighted by molar-refractivity contribution is 7.99. The molecule has 0 bridgehead atoms. The van der Waals surface area contributed by atoms with Gasteiger partial charge in [0, 0.05) is 0 Å². The normalized spacial score (nSPS) is 16.1. The maximum absolute atomic E-state index is 6.16. The number of hydrogen-bond donors (Lipinski definition) is 1. The van der Waals surface area contributed by atoms with Crippen LogP contribution in [-0.4, -0.2) is 31.3 Å². The molecule has 1 fully saturated rings. The Morgan fingerprint density at radius 1 is 1.20 bits per heavy atom. The van der Waals surface area contributed by atoms with Crippen molar-refractivity contribution in [3.8, 4) is 11.5 Å². The van der Waals surface area contributed by atoms with Crippen molar-refractivity contribution in [2.24, 2.45) is 5.73 Å². The molecule has 0 amide bonds. The van der Waals surface area contributed by atoms with E-state index in [1.807, 2.05) is 17.8 Å².